The molecular weight excluding hydrogens is 925 g/mol. The van der Waals surface area contributed by atoms with E-state index in [1.807, 2.05) is 91.5 Å². The lowest BCUT2D eigenvalue weighted by molar-refractivity contribution is 0.0708. The van der Waals surface area contributed by atoms with Crippen molar-refractivity contribution in [1.29, 1.82) is 0 Å². The number of pyridine rings is 2. The van der Waals surface area contributed by atoms with Crippen molar-refractivity contribution in [2.45, 2.75) is 116 Å². The van der Waals surface area contributed by atoms with Crippen LogP contribution in [0.5, 0.6) is 28.9 Å². The number of aromatic nitrogens is 2. The van der Waals surface area contributed by atoms with Gasteiger partial charge in [-0.2, -0.15) is 0 Å². The number of amides is 4. The van der Waals surface area contributed by atoms with Crippen molar-refractivity contribution in [1.82, 2.24) is 19.8 Å². The van der Waals surface area contributed by atoms with Gasteiger partial charge < -0.3 is 43.7 Å². The highest BCUT2D eigenvalue weighted by molar-refractivity contribution is 6.11. The van der Waals surface area contributed by atoms with Gasteiger partial charge in [-0.3, -0.25) is 24.2 Å². The summed E-state index contributed by atoms with van der Waals surface area (Å²) in [7, 11) is 3.26. The predicted molar refractivity (Wildman–Crippen MR) is 272 cm³/mol. The number of hydrogen-bond donors (Lipinski definition) is 1. The van der Waals surface area contributed by atoms with E-state index < -0.39 is 0 Å². The lowest BCUT2D eigenvalue weighted by Gasteiger charge is -2.25. The SMILES string of the molecule is COc1ccc(N2Cc3ccc(C(C)N4Cc5cnc(O)cc5C4=O)cc3C2=O)cc1OC1CCCC1.COc1ccc(N2Cc3ccc(C(C)N4Cc5cnccc5C4=O)cc3C2=O)cc1OC1CCCC1. The minimum Gasteiger partial charge on any atom is -0.493 e. The van der Waals surface area contributed by atoms with Crippen LogP contribution in [0.4, 0.5) is 11.4 Å². The third kappa shape index (κ3) is 8.95. The highest BCUT2D eigenvalue weighted by Gasteiger charge is 2.37. The Hall–Kier alpha value is -7.94. The van der Waals surface area contributed by atoms with E-state index in [4.69, 9.17) is 18.9 Å². The number of benzene rings is 4. The molecule has 6 aliphatic rings. The van der Waals surface area contributed by atoms with E-state index in [1.54, 1.807) is 53.6 Å². The van der Waals surface area contributed by atoms with Crippen molar-refractivity contribution in [2.75, 3.05) is 24.0 Å². The minimum atomic E-state index is -0.249. The fourth-order valence-corrected chi connectivity index (χ4v) is 11.2. The van der Waals surface area contributed by atoms with Crippen molar-refractivity contribution < 1.29 is 43.2 Å². The molecule has 6 heterocycles. The monoisotopic (exact) mass is 982 g/mol. The van der Waals surface area contributed by atoms with Gasteiger partial charge in [0, 0.05) is 89.1 Å². The van der Waals surface area contributed by atoms with E-state index in [1.165, 1.54) is 31.7 Å². The molecule has 0 bridgehead atoms. The number of ether oxygens (including phenoxy) is 4. The Morgan fingerprint density at radius 2 is 0.973 bits per heavy atom. The summed E-state index contributed by atoms with van der Waals surface area (Å²) in [4.78, 5) is 68.1. The zero-order valence-corrected chi connectivity index (χ0v) is 41.5. The Morgan fingerprint density at radius 3 is 1.45 bits per heavy atom. The summed E-state index contributed by atoms with van der Waals surface area (Å²) < 4.78 is 23.5. The van der Waals surface area contributed by atoms with Gasteiger partial charge in [0.1, 0.15) is 0 Å². The van der Waals surface area contributed by atoms with Gasteiger partial charge in [0.25, 0.3) is 23.6 Å². The van der Waals surface area contributed by atoms with Gasteiger partial charge in [-0.05, 0) is 130 Å². The third-order valence-electron chi connectivity index (χ3n) is 15.4. The lowest BCUT2D eigenvalue weighted by Crippen LogP contribution is -2.27. The van der Waals surface area contributed by atoms with Gasteiger partial charge in [-0.15, -0.1) is 0 Å². The van der Waals surface area contributed by atoms with Crippen LogP contribution in [0.25, 0.3) is 0 Å². The molecule has 2 atom stereocenters. The first kappa shape index (κ1) is 47.4. The molecule has 15 nitrogen and oxygen atoms in total. The first-order chi connectivity index (χ1) is 35.5. The smallest absolute Gasteiger partial charge is 0.258 e. The Labute approximate surface area is 424 Å². The van der Waals surface area contributed by atoms with Crippen LogP contribution in [0.15, 0.2) is 104 Å². The average molecular weight is 983 g/mol. The molecule has 6 aromatic rings. The van der Waals surface area contributed by atoms with Gasteiger partial charge in [0.15, 0.2) is 23.0 Å². The van der Waals surface area contributed by atoms with Crippen LogP contribution in [-0.2, 0) is 26.2 Å². The summed E-state index contributed by atoms with van der Waals surface area (Å²) in [6.07, 6.45) is 14.2. The number of hydrogen-bond acceptors (Lipinski definition) is 11. The number of fused-ring (bicyclic) bond motifs is 4. The van der Waals surface area contributed by atoms with E-state index in [0.717, 1.165) is 70.4 Å². The van der Waals surface area contributed by atoms with Crippen LogP contribution in [0.2, 0.25) is 0 Å². The molecule has 4 aliphatic heterocycles. The van der Waals surface area contributed by atoms with Crippen molar-refractivity contribution in [3.05, 3.63) is 159 Å². The zero-order chi connectivity index (χ0) is 50.5. The third-order valence-corrected chi connectivity index (χ3v) is 15.4. The molecule has 4 aromatic carbocycles. The standard InChI is InChI=1S/C29H29N3O5.C29H29N3O4/c1-17(31-16-20-14-30-27(33)13-24(20)28(31)34)18-7-8-19-15-32(29(35)23(19)11-18)21-9-10-25(36-2)26(12-21)37-22-5-3-4-6-22;1-18(31-17-21-15-30-12-11-24(21)28(31)33)19-7-8-20-16-32(29(34)25(20)13-19)22-9-10-26(35-2)27(14-22)36-23-5-3-4-6-23/h7-14,17,22H,3-6,15-16H2,1-2H3,(H,30,33);7-15,18,23H,3-6,16-17H2,1-2H3. The summed E-state index contributed by atoms with van der Waals surface area (Å²) in [5.41, 5.74) is 9.52. The molecule has 0 spiro atoms. The molecule has 0 saturated heterocycles. The highest BCUT2D eigenvalue weighted by atomic mass is 16.5. The van der Waals surface area contributed by atoms with Crippen LogP contribution < -0.4 is 28.7 Å². The maximum atomic E-state index is 13.5. The van der Waals surface area contributed by atoms with Crippen molar-refractivity contribution in [2.24, 2.45) is 0 Å². The van der Waals surface area contributed by atoms with Crippen LogP contribution in [0.1, 0.15) is 152 Å². The highest BCUT2D eigenvalue weighted by Crippen LogP contribution is 2.42. The van der Waals surface area contributed by atoms with Crippen LogP contribution in [0.3, 0.4) is 0 Å². The van der Waals surface area contributed by atoms with Gasteiger partial charge in [-0.1, -0.05) is 24.3 Å². The quantitative estimate of drug-likeness (QED) is 0.124. The first-order valence-corrected chi connectivity index (χ1v) is 25.3. The number of nitrogens with zero attached hydrogens (tertiary/aromatic N) is 6. The molecule has 12 rings (SSSR count). The fraction of sp³-hybridized carbons (Fsp3) is 0.345. The van der Waals surface area contributed by atoms with Crippen LogP contribution in [0, 0.1) is 0 Å². The van der Waals surface area contributed by atoms with E-state index in [-0.39, 0.29) is 53.8 Å². The second-order valence-electron chi connectivity index (χ2n) is 19.8. The number of aromatic hydroxyl groups is 1. The molecule has 2 saturated carbocycles. The van der Waals surface area contributed by atoms with Crippen molar-refractivity contribution in [3.63, 3.8) is 0 Å². The maximum Gasteiger partial charge on any atom is 0.258 e. The molecule has 2 aliphatic carbocycles. The second-order valence-corrected chi connectivity index (χ2v) is 19.8. The van der Waals surface area contributed by atoms with Crippen molar-refractivity contribution in [3.8, 4) is 28.9 Å². The topological polar surface area (TPSA) is 164 Å². The average Bonchev–Trinajstić information content (AvgIpc) is 4.30. The Bertz CT molecular complexity index is 3170. The number of methoxy groups -OCH3 is 2. The Kier molecular flexibility index (Phi) is 12.7. The summed E-state index contributed by atoms with van der Waals surface area (Å²) in [6, 6.07) is 25.9. The molecule has 2 aromatic heterocycles. The number of carbonyl (C=O) groups excluding carboxylic acids is 4. The number of rotatable bonds is 12. The molecule has 1 N–H and O–H groups in total. The molecular formula is C58H58N6O9. The van der Waals surface area contributed by atoms with Crippen LogP contribution >= 0.6 is 0 Å². The molecule has 2 unspecified atom stereocenters. The van der Waals surface area contributed by atoms with E-state index in [9.17, 15) is 24.3 Å². The number of carbonyl (C=O) groups is 4. The van der Waals surface area contributed by atoms with E-state index in [2.05, 4.69) is 9.97 Å². The second kappa shape index (κ2) is 19.6. The predicted octanol–water partition coefficient (Wildman–Crippen LogP) is 10.3. The number of anilines is 2. The maximum absolute atomic E-state index is 13.5. The molecule has 73 heavy (non-hydrogen) atoms. The van der Waals surface area contributed by atoms with Gasteiger partial charge in [0.05, 0.1) is 57.2 Å². The molecule has 15 heteroatoms. The van der Waals surface area contributed by atoms with Gasteiger partial charge in [0.2, 0.25) is 5.88 Å². The minimum absolute atomic E-state index is 0.00127. The van der Waals surface area contributed by atoms with Crippen molar-refractivity contribution >= 4 is 35.0 Å². The largest absolute Gasteiger partial charge is 0.493 e. The van der Waals surface area contributed by atoms with Crippen LogP contribution in [-0.4, -0.2) is 74.9 Å². The Morgan fingerprint density at radius 1 is 0.507 bits per heavy atom. The zero-order valence-electron chi connectivity index (χ0n) is 41.5. The summed E-state index contributed by atoms with van der Waals surface area (Å²) in [6.45, 7) is 5.86. The van der Waals surface area contributed by atoms with Gasteiger partial charge >= 0.3 is 0 Å². The molecule has 2 fully saturated rings. The van der Waals surface area contributed by atoms with E-state index >= 15 is 0 Å². The van der Waals surface area contributed by atoms with Gasteiger partial charge in [-0.25, -0.2) is 4.98 Å². The fourth-order valence-electron chi connectivity index (χ4n) is 11.2. The normalized spacial score (nSPS) is 17.9. The molecule has 0 radical (unpaired) electrons. The summed E-state index contributed by atoms with van der Waals surface area (Å²) >= 11 is 0. The first-order valence-electron chi connectivity index (χ1n) is 25.3. The van der Waals surface area contributed by atoms with E-state index in [0.29, 0.717) is 71.4 Å². The molecule has 374 valence electrons. The molecule has 4 amide bonds. The lowest BCUT2D eigenvalue weighted by atomic mass is 10.0. The summed E-state index contributed by atoms with van der Waals surface area (Å²) in [5, 5.41) is 9.69. The Balaban J connectivity index is 0.000000157. The summed E-state index contributed by atoms with van der Waals surface area (Å²) in [5.74, 6) is 2.25.